The van der Waals surface area contributed by atoms with E-state index in [1.54, 1.807) is 26.8 Å². The van der Waals surface area contributed by atoms with E-state index in [0.29, 0.717) is 10.7 Å². The second-order valence-corrected chi connectivity index (χ2v) is 5.94. The lowest BCUT2D eigenvalue weighted by molar-refractivity contribution is 0.0535. The highest BCUT2D eigenvalue weighted by Crippen LogP contribution is 2.13. The summed E-state index contributed by atoms with van der Waals surface area (Å²) in [5.41, 5.74) is 1.68. The molecule has 1 heterocycles. The van der Waals surface area contributed by atoms with Crippen molar-refractivity contribution in [3.63, 3.8) is 0 Å². The van der Waals surface area contributed by atoms with Gasteiger partial charge in [-0.1, -0.05) is 23.4 Å². The maximum absolute atomic E-state index is 11.4. The molecular weight excluding hydrogens is 302 g/mol. The molecule has 1 amide bonds. The average molecular weight is 318 g/mol. The number of halogens is 1. The summed E-state index contributed by atoms with van der Waals surface area (Å²) in [4.78, 5) is 19.8. The molecule has 1 aromatic carbocycles. The lowest BCUT2D eigenvalue weighted by atomic mass is 10.2. The predicted octanol–water partition coefficient (Wildman–Crippen LogP) is 3.16. The van der Waals surface area contributed by atoms with Gasteiger partial charge in [-0.25, -0.2) is 9.78 Å². The third kappa shape index (κ3) is 4.90. The molecule has 114 valence electrons. The number of carbonyl (C=O) groups excluding carboxylic acids is 1. The van der Waals surface area contributed by atoms with Crippen LogP contribution < -0.4 is 5.32 Å². The molecule has 0 fully saturated rings. The first-order chi connectivity index (χ1) is 10.3. The van der Waals surface area contributed by atoms with E-state index in [1.807, 2.05) is 12.1 Å². The minimum Gasteiger partial charge on any atom is -0.444 e. The van der Waals surface area contributed by atoms with Crippen LogP contribution in [0, 0.1) is 11.8 Å². The topological polar surface area (TPSA) is 64.1 Å². The fourth-order valence-electron chi connectivity index (χ4n) is 1.64. The summed E-state index contributed by atoms with van der Waals surface area (Å²) in [5, 5.41) is 2.91. The van der Waals surface area contributed by atoms with E-state index in [9.17, 15) is 4.79 Å². The van der Waals surface area contributed by atoms with Crippen LogP contribution in [-0.2, 0) is 4.74 Å². The van der Waals surface area contributed by atoms with Gasteiger partial charge in [0.1, 0.15) is 10.8 Å². The van der Waals surface area contributed by atoms with E-state index in [2.05, 4.69) is 27.1 Å². The first-order valence-corrected chi connectivity index (χ1v) is 7.09. The van der Waals surface area contributed by atoms with Gasteiger partial charge in [-0.15, -0.1) is 0 Å². The van der Waals surface area contributed by atoms with Crippen LogP contribution >= 0.6 is 11.6 Å². The van der Waals surface area contributed by atoms with E-state index >= 15 is 0 Å². The largest absolute Gasteiger partial charge is 0.444 e. The number of nitrogens with zero attached hydrogens (tertiary/aromatic N) is 2. The first kappa shape index (κ1) is 16.1. The Bertz CT molecular complexity index is 757. The fourth-order valence-corrected chi connectivity index (χ4v) is 1.78. The molecule has 0 bridgehead atoms. The van der Waals surface area contributed by atoms with Crippen molar-refractivity contribution < 1.29 is 9.53 Å². The lowest BCUT2D eigenvalue weighted by Gasteiger charge is -2.18. The number of fused-ring (bicyclic) bond motifs is 1. The highest BCUT2D eigenvalue weighted by atomic mass is 35.5. The molecule has 6 heteroatoms. The second kappa shape index (κ2) is 6.63. The minimum atomic E-state index is -0.520. The standard InChI is InChI=1S/C16H16ClN3O2/c1-16(2,3)22-15(21)18-8-4-5-11-6-7-12-13(9-11)20-14(17)10-19-12/h6-7,9-10H,8H2,1-3H3,(H,18,21). The van der Waals surface area contributed by atoms with Crippen LogP contribution in [0.25, 0.3) is 11.0 Å². The number of amides is 1. The van der Waals surface area contributed by atoms with Crippen LogP contribution in [0.3, 0.4) is 0 Å². The molecular formula is C16H16ClN3O2. The summed E-state index contributed by atoms with van der Waals surface area (Å²) >= 11 is 5.81. The smallest absolute Gasteiger partial charge is 0.408 e. The molecule has 0 unspecified atom stereocenters. The summed E-state index contributed by atoms with van der Waals surface area (Å²) in [6.07, 6.45) is 1.01. The molecule has 0 spiro atoms. The molecule has 0 aliphatic carbocycles. The molecule has 22 heavy (non-hydrogen) atoms. The summed E-state index contributed by atoms with van der Waals surface area (Å²) in [6.45, 7) is 5.62. The number of hydrogen-bond acceptors (Lipinski definition) is 4. The molecule has 0 aliphatic heterocycles. The number of hydrogen-bond donors (Lipinski definition) is 1. The van der Waals surface area contributed by atoms with Crippen LogP contribution in [0.4, 0.5) is 4.79 Å². The maximum Gasteiger partial charge on any atom is 0.408 e. The lowest BCUT2D eigenvalue weighted by Crippen LogP contribution is -2.32. The fraction of sp³-hybridized carbons (Fsp3) is 0.312. The number of benzene rings is 1. The van der Waals surface area contributed by atoms with Crippen molar-refractivity contribution in [2.24, 2.45) is 0 Å². The SMILES string of the molecule is CC(C)(C)OC(=O)NCC#Cc1ccc2ncc(Cl)nc2c1. The third-order valence-electron chi connectivity index (χ3n) is 2.47. The van der Waals surface area contributed by atoms with Gasteiger partial charge < -0.3 is 10.1 Å². The number of carbonyl (C=O) groups is 1. The normalized spacial score (nSPS) is 10.7. The van der Waals surface area contributed by atoms with Crippen molar-refractivity contribution in [1.82, 2.24) is 15.3 Å². The zero-order chi connectivity index (χ0) is 16.2. The van der Waals surface area contributed by atoms with E-state index in [-0.39, 0.29) is 6.54 Å². The first-order valence-electron chi connectivity index (χ1n) is 6.71. The average Bonchev–Trinajstić information content (AvgIpc) is 2.41. The van der Waals surface area contributed by atoms with E-state index in [4.69, 9.17) is 16.3 Å². The van der Waals surface area contributed by atoms with Gasteiger partial charge in [0.2, 0.25) is 0 Å². The van der Waals surface area contributed by atoms with Gasteiger partial charge in [0.05, 0.1) is 23.8 Å². The van der Waals surface area contributed by atoms with Gasteiger partial charge >= 0.3 is 6.09 Å². The summed E-state index contributed by atoms with van der Waals surface area (Å²) in [6, 6.07) is 5.46. The van der Waals surface area contributed by atoms with Crippen LogP contribution in [0.1, 0.15) is 26.3 Å². The van der Waals surface area contributed by atoms with E-state index < -0.39 is 11.7 Å². The van der Waals surface area contributed by atoms with Gasteiger partial charge in [0.25, 0.3) is 0 Å². The molecule has 1 N–H and O–H groups in total. The molecule has 1 aromatic heterocycles. The van der Waals surface area contributed by atoms with Crippen molar-refractivity contribution in [1.29, 1.82) is 0 Å². The Morgan fingerprint density at radius 3 is 2.86 bits per heavy atom. The molecule has 0 atom stereocenters. The number of ether oxygens (including phenoxy) is 1. The van der Waals surface area contributed by atoms with Crippen molar-refractivity contribution in [3.8, 4) is 11.8 Å². The minimum absolute atomic E-state index is 0.203. The molecule has 2 rings (SSSR count). The van der Waals surface area contributed by atoms with Crippen LogP contribution in [0.5, 0.6) is 0 Å². The van der Waals surface area contributed by atoms with Gasteiger partial charge in [0, 0.05) is 5.56 Å². The van der Waals surface area contributed by atoms with Gasteiger partial charge in [-0.05, 0) is 39.0 Å². The van der Waals surface area contributed by atoms with Crippen molar-refractivity contribution >= 4 is 28.7 Å². The number of aromatic nitrogens is 2. The predicted molar refractivity (Wildman–Crippen MR) is 85.7 cm³/mol. The summed E-state index contributed by atoms with van der Waals surface area (Å²) in [7, 11) is 0. The summed E-state index contributed by atoms with van der Waals surface area (Å²) in [5.74, 6) is 5.80. The molecule has 5 nitrogen and oxygen atoms in total. The Hall–Kier alpha value is -2.32. The quantitative estimate of drug-likeness (QED) is 0.821. The summed E-state index contributed by atoms with van der Waals surface area (Å²) < 4.78 is 5.11. The van der Waals surface area contributed by atoms with Crippen LogP contribution in [0.2, 0.25) is 5.15 Å². The molecule has 0 aliphatic rings. The van der Waals surface area contributed by atoms with Gasteiger partial charge in [0.15, 0.2) is 0 Å². The Morgan fingerprint density at radius 1 is 1.36 bits per heavy atom. The number of nitrogens with one attached hydrogen (secondary N) is 1. The van der Waals surface area contributed by atoms with Crippen molar-refractivity contribution in [2.75, 3.05) is 6.54 Å². The molecule has 0 radical (unpaired) electrons. The molecule has 0 saturated carbocycles. The molecule has 0 saturated heterocycles. The van der Waals surface area contributed by atoms with Gasteiger partial charge in [-0.2, -0.15) is 0 Å². The molecule has 2 aromatic rings. The zero-order valence-electron chi connectivity index (χ0n) is 12.6. The number of rotatable bonds is 1. The van der Waals surface area contributed by atoms with Crippen LogP contribution in [-0.4, -0.2) is 28.2 Å². The van der Waals surface area contributed by atoms with E-state index in [1.165, 1.54) is 6.20 Å². The number of alkyl carbamates (subject to hydrolysis) is 1. The van der Waals surface area contributed by atoms with Crippen LogP contribution in [0.15, 0.2) is 24.4 Å². The Labute approximate surface area is 134 Å². The Morgan fingerprint density at radius 2 is 2.14 bits per heavy atom. The highest BCUT2D eigenvalue weighted by molar-refractivity contribution is 6.29. The third-order valence-corrected chi connectivity index (χ3v) is 2.65. The highest BCUT2D eigenvalue weighted by Gasteiger charge is 2.14. The Balaban J connectivity index is 1.98. The van der Waals surface area contributed by atoms with Gasteiger partial charge in [-0.3, -0.25) is 4.98 Å². The van der Waals surface area contributed by atoms with Crippen molar-refractivity contribution in [2.45, 2.75) is 26.4 Å². The monoisotopic (exact) mass is 317 g/mol. The zero-order valence-corrected chi connectivity index (χ0v) is 13.4. The van der Waals surface area contributed by atoms with Crippen molar-refractivity contribution in [3.05, 3.63) is 35.1 Å². The van der Waals surface area contributed by atoms with E-state index in [0.717, 1.165) is 11.1 Å². The maximum atomic E-state index is 11.4. The second-order valence-electron chi connectivity index (χ2n) is 5.55. The Kier molecular flexibility index (Phi) is 4.84.